The second-order valence-electron chi connectivity index (χ2n) is 8.35. The smallest absolute Gasteiger partial charge is 0.162 e. The van der Waals surface area contributed by atoms with Gasteiger partial charge in [-0.15, -0.1) is 12.4 Å². The number of rotatable bonds is 6. The molecule has 0 amide bonds. The predicted octanol–water partition coefficient (Wildman–Crippen LogP) is 6.00. The van der Waals surface area contributed by atoms with Crippen LogP contribution < -0.4 is 5.32 Å². The fourth-order valence-corrected chi connectivity index (χ4v) is 4.91. The molecule has 29 heavy (non-hydrogen) atoms. The molecule has 1 spiro atoms. The molecule has 154 valence electrons. The molecule has 0 radical (unpaired) electrons. The van der Waals surface area contributed by atoms with Gasteiger partial charge in [0.15, 0.2) is 5.78 Å². The van der Waals surface area contributed by atoms with Gasteiger partial charge < -0.3 is 5.32 Å². The molecule has 0 aromatic heterocycles. The lowest BCUT2D eigenvalue weighted by molar-refractivity contribution is 0.0979. The van der Waals surface area contributed by atoms with E-state index in [0.717, 1.165) is 19.4 Å². The van der Waals surface area contributed by atoms with Gasteiger partial charge in [-0.2, -0.15) is 0 Å². The van der Waals surface area contributed by atoms with Crippen molar-refractivity contribution in [2.24, 2.45) is 5.41 Å². The summed E-state index contributed by atoms with van der Waals surface area (Å²) in [5.41, 5.74) is 5.03. The van der Waals surface area contributed by atoms with Gasteiger partial charge in [0.1, 0.15) is 5.82 Å². The van der Waals surface area contributed by atoms with Crippen molar-refractivity contribution in [1.82, 2.24) is 5.32 Å². The zero-order valence-electron chi connectivity index (χ0n) is 16.8. The normalized spacial score (nSPS) is 22.9. The molecule has 4 rings (SSSR count). The Balaban J connectivity index is 0.00000240. The molecule has 0 aliphatic heterocycles. The first-order valence-corrected chi connectivity index (χ1v) is 10.4. The molecule has 2 aromatic rings. The van der Waals surface area contributed by atoms with Crippen LogP contribution in [-0.4, -0.2) is 18.4 Å². The summed E-state index contributed by atoms with van der Waals surface area (Å²) in [6, 6.07) is 15.1. The van der Waals surface area contributed by atoms with E-state index in [1.54, 1.807) is 12.1 Å². The summed E-state index contributed by atoms with van der Waals surface area (Å²) < 4.78 is 12.9. The van der Waals surface area contributed by atoms with Gasteiger partial charge in [-0.05, 0) is 91.5 Å². The third-order valence-electron chi connectivity index (χ3n) is 6.63. The van der Waals surface area contributed by atoms with E-state index in [9.17, 15) is 9.18 Å². The van der Waals surface area contributed by atoms with Crippen LogP contribution in [0.1, 0.15) is 60.0 Å². The molecule has 0 heterocycles. The Morgan fingerprint density at radius 3 is 2.48 bits per heavy atom. The first kappa shape index (κ1) is 21.7. The molecule has 2 aliphatic carbocycles. The molecule has 1 fully saturated rings. The summed E-state index contributed by atoms with van der Waals surface area (Å²) in [7, 11) is 0. The van der Waals surface area contributed by atoms with Crippen molar-refractivity contribution >= 4 is 23.8 Å². The number of halogens is 2. The predicted molar refractivity (Wildman–Crippen MR) is 119 cm³/mol. The number of nitrogens with one attached hydrogen (secondary N) is 1. The molecule has 2 nitrogen and oxygen atoms in total. The fraction of sp³-hybridized carbons (Fsp3) is 0.400. The van der Waals surface area contributed by atoms with Gasteiger partial charge in [0.05, 0.1) is 0 Å². The first-order chi connectivity index (χ1) is 13.6. The molecule has 1 saturated carbocycles. The SMILES string of the molecule is C=C1c2ccccc2CC12CCC(NCCCC(=O)c1ccc(F)cc1)CC2.Cl. The van der Waals surface area contributed by atoms with Crippen molar-refractivity contribution in [3.63, 3.8) is 0 Å². The molecule has 0 atom stereocenters. The highest BCUT2D eigenvalue weighted by Gasteiger charge is 2.42. The Kier molecular flexibility index (Phi) is 6.92. The van der Waals surface area contributed by atoms with Crippen molar-refractivity contribution in [2.45, 2.75) is 51.0 Å². The number of allylic oxidation sites excluding steroid dienone is 1. The van der Waals surface area contributed by atoms with Gasteiger partial charge >= 0.3 is 0 Å². The van der Waals surface area contributed by atoms with E-state index in [-0.39, 0.29) is 29.4 Å². The van der Waals surface area contributed by atoms with E-state index in [4.69, 9.17) is 0 Å². The highest BCUT2D eigenvalue weighted by molar-refractivity contribution is 5.95. The summed E-state index contributed by atoms with van der Waals surface area (Å²) in [5, 5.41) is 3.64. The first-order valence-electron chi connectivity index (χ1n) is 10.4. The molecule has 0 saturated heterocycles. The monoisotopic (exact) mass is 413 g/mol. The molecule has 2 aromatic carbocycles. The lowest BCUT2D eigenvalue weighted by Crippen LogP contribution is -2.38. The standard InChI is InChI=1S/C25H28FNO.ClH/c1-18-23-6-3-2-5-20(23)17-25(18)14-12-22(13-15-25)27-16-4-7-24(28)19-8-10-21(26)11-9-19;/h2-3,5-6,8-11,22,27H,1,4,7,12-17H2;1H. The highest BCUT2D eigenvalue weighted by atomic mass is 35.5. The minimum Gasteiger partial charge on any atom is -0.314 e. The molecule has 1 N–H and O–H groups in total. The Morgan fingerprint density at radius 1 is 1.10 bits per heavy atom. The quantitative estimate of drug-likeness (QED) is 0.465. The lowest BCUT2D eigenvalue weighted by atomic mass is 9.68. The average Bonchev–Trinajstić information content (AvgIpc) is 2.99. The number of carbonyl (C=O) groups is 1. The largest absolute Gasteiger partial charge is 0.314 e. The van der Waals surface area contributed by atoms with Crippen molar-refractivity contribution in [3.05, 3.63) is 77.6 Å². The van der Waals surface area contributed by atoms with Crippen LogP contribution in [0.15, 0.2) is 55.1 Å². The van der Waals surface area contributed by atoms with Gasteiger partial charge in [-0.25, -0.2) is 4.39 Å². The van der Waals surface area contributed by atoms with Gasteiger partial charge in [-0.1, -0.05) is 30.8 Å². The van der Waals surface area contributed by atoms with Crippen LogP contribution in [0.25, 0.3) is 5.57 Å². The Labute approximate surface area is 179 Å². The number of carbonyl (C=O) groups excluding carboxylic acids is 1. The number of hydrogen-bond donors (Lipinski definition) is 1. The maximum absolute atomic E-state index is 12.9. The van der Waals surface area contributed by atoms with Gasteiger partial charge in [-0.3, -0.25) is 4.79 Å². The Bertz CT molecular complexity index is 869. The minimum absolute atomic E-state index is 0. The second-order valence-corrected chi connectivity index (χ2v) is 8.35. The zero-order chi connectivity index (χ0) is 19.6. The maximum Gasteiger partial charge on any atom is 0.162 e. The van der Waals surface area contributed by atoms with Crippen molar-refractivity contribution < 1.29 is 9.18 Å². The number of hydrogen-bond acceptors (Lipinski definition) is 2. The van der Waals surface area contributed by atoms with E-state index in [1.807, 2.05) is 0 Å². The molecular weight excluding hydrogens is 385 g/mol. The van der Waals surface area contributed by atoms with Crippen molar-refractivity contribution in [3.8, 4) is 0 Å². The number of fused-ring (bicyclic) bond motifs is 1. The van der Waals surface area contributed by atoms with Crippen LogP contribution in [0.3, 0.4) is 0 Å². The molecular formula is C25H29ClFNO. The van der Waals surface area contributed by atoms with E-state index in [1.165, 1.54) is 54.5 Å². The van der Waals surface area contributed by atoms with Gasteiger partial charge in [0.25, 0.3) is 0 Å². The summed E-state index contributed by atoms with van der Waals surface area (Å²) in [5.74, 6) is -0.217. The molecule has 4 heteroatoms. The van der Waals surface area contributed by atoms with Crippen LogP contribution in [-0.2, 0) is 6.42 Å². The third-order valence-corrected chi connectivity index (χ3v) is 6.63. The van der Waals surface area contributed by atoms with E-state index in [2.05, 4.69) is 36.2 Å². The summed E-state index contributed by atoms with van der Waals surface area (Å²) >= 11 is 0. The number of benzene rings is 2. The van der Waals surface area contributed by atoms with Gasteiger partial charge in [0, 0.05) is 18.0 Å². The van der Waals surface area contributed by atoms with E-state index < -0.39 is 0 Å². The number of Topliss-reactive ketones (excluding diaryl/α,β-unsaturated/α-hetero) is 1. The lowest BCUT2D eigenvalue weighted by Gasteiger charge is -2.38. The topological polar surface area (TPSA) is 29.1 Å². The summed E-state index contributed by atoms with van der Waals surface area (Å²) in [6.45, 7) is 5.30. The van der Waals surface area contributed by atoms with Crippen LogP contribution in [0, 0.1) is 11.2 Å². The fourth-order valence-electron chi connectivity index (χ4n) is 4.91. The molecule has 0 bridgehead atoms. The summed E-state index contributed by atoms with van der Waals surface area (Å²) in [4.78, 5) is 12.2. The average molecular weight is 414 g/mol. The van der Waals surface area contributed by atoms with Crippen LogP contribution in [0.4, 0.5) is 4.39 Å². The van der Waals surface area contributed by atoms with Gasteiger partial charge in [0.2, 0.25) is 0 Å². The van der Waals surface area contributed by atoms with E-state index >= 15 is 0 Å². The third kappa shape index (κ3) is 4.62. The highest BCUT2D eigenvalue weighted by Crippen LogP contribution is 2.53. The van der Waals surface area contributed by atoms with Crippen LogP contribution in [0.2, 0.25) is 0 Å². The van der Waals surface area contributed by atoms with Crippen LogP contribution >= 0.6 is 12.4 Å². The van der Waals surface area contributed by atoms with E-state index in [0.29, 0.717) is 18.0 Å². The Morgan fingerprint density at radius 2 is 1.79 bits per heavy atom. The molecule has 0 unspecified atom stereocenters. The summed E-state index contributed by atoms with van der Waals surface area (Å²) in [6.07, 6.45) is 7.16. The van der Waals surface area contributed by atoms with Crippen molar-refractivity contribution in [2.75, 3.05) is 6.54 Å². The second kappa shape index (κ2) is 9.23. The minimum atomic E-state index is -0.304. The maximum atomic E-state index is 12.9. The Hall–Kier alpha value is -1.97. The molecule has 2 aliphatic rings. The number of ketones is 1. The van der Waals surface area contributed by atoms with Crippen LogP contribution in [0.5, 0.6) is 0 Å². The van der Waals surface area contributed by atoms with Crippen molar-refractivity contribution in [1.29, 1.82) is 0 Å². The zero-order valence-corrected chi connectivity index (χ0v) is 17.6.